The number of pyridine rings is 2. The zero-order chi connectivity index (χ0) is 20.8. The van der Waals surface area contributed by atoms with Crippen molar-refractivity contribution in [3.8, 4) is 5.75 Å². The van der Waals surface area contributed by atoms with Crippen molar-refractivity contribution in [1.82, 2.24) is 9.97 Å². The second-order valence-corrected chi connectivity index (χ2v) is 7.91. The molecule has 0 amide bonds. The molecular formula is C26H29N3O. The summed E-state index contributed by atoms with van der Waals surface area (Å²) in [7, 11) is 4.09. The van der Waals surface area contributed by atoms with E-state index in [4.69, 9.17) is 4.74 Å². The Morgan fingerprint density at radius 3 is 2.57 bits per heavy atom. The fourth-order valence-corrected chi connectivity index (χ4v) is 3.84. The van der Waals surface area contributed by atoms with Crippen molar-refractivity contribution in [3.63, 3.8) is 0 Å². The van der Waals surface area contributed by atoms with Crippen LogP contribution in [0.25, 0.3) is 21.8 Å². The average Bonchev–Trinajstić information content (AvgIpc) is 2.78. The van der Waals surface area contributed by atoms with E-state index in [1.54, 1.807) is 0 Å². The molecule has 4 aromatic rings. The number of ether oxygens (including phenoxy) is 1. The van der Waals surface area contributed by atoms with Crippen LogP contribution in [0, 0.1) is 0 Å². The third-order valence-corrected chi connectivity index (χ3v) is 5.52. The van der Waals surface area contributed by atoms with Crippen molar-refractivity contribution in [2.24, 2.45) is 0 Å². The van der Waals surface area contributed by atoms with Gasteiger partial charge in [0.1, 0.15) is 5.75 Å². The Bertz CT molecular complexity index is 1120. The summed E-state index contributed by atoms with van der Waals surface area (Å²) in [5.74, 6) is 0.949. The van der Waals surface area contributed by atoms with Gasteiger partial charge in [-0.1, -0.05) is 37.1 Å². The van der Waals surface area contributed by atoms with Crippen LogP contribution in [-0.2, 0) is 6.42 Å². The van der Waals surface area contributed by atoms with E-state index >= 15 is 0 Å². The second kappa shape index (κ2) is 9.57. The van der Waals surface area contributed by atoms with Crippen LogP contribution < -0.4 is 9.64 Å². The van der Waals surface area contributed by atoms with Crippen molar-refractivity contribution in [3.05, 3.63) is 72.6 Å². The van der Waals surface area contributed by atoms with Gasteiger partial charge in [-0.25, -0.2) is 0 Å². The van der Waals surface area contributed by atoms with Gasteiger partial charge in [-0.05, 0) is 49.1 Å². The van der Waals surface area contributed by atoms with E-state index in [9.17, 15) is 0 Å². The molecular weight excluding hydrogens is 370 g/mol. The maximum atomic E-state index is 5.92. The number of aryl methyl sites for hydroxylation is 1. The zero-order valence-corrected chi connectivity index (χ0v) is 17.8. The van der Waals surface area contributed by atoms with Gasteiger partial charge < -0.3 is 9.64 Å². The molecule has 0 saturated heterocycles. The molecule has 0 radical (unpaired) electrons. The molecule has 0 aliphatic carbocycles. The molecule has 30 heavy (non-hydrogen) atoms. The summed E-state index contributed by atoms with van der Waals surface area (Å²) in [4.78, 5) is 11.2. The lowest BCUT2D eigenvalue weighted by Gasteiger charge is -2.14. The van der Waals surface area contributed by atoms with Crippen molar-refractivity contribution < 1.29 is 4.74 Å². The first-order chi connectivity index (χ1) is 14.7. The van der Waals surface area contributed by atoms with Crippen LogP contribution in [-0.4, -0.2) is 30.7 Å². The average molecular weight is 400 g/mol. The van der Waals surface area contributed by atoms with E-state index in [-0.39, 0.29) is 0 Å². The number of anilines is 1. The van der Waals surface area contributed by atoms with Gasteiger partial charge in [-0.15, -0.1) is 0 Å². The Balaban J connectivity index is 1.26. The normalized spacial score (nSPS) is 11.1. The van der Waals surface area contributed by atoms with E-state index in [2.05, 4.69) is 51.3 Å². The molecule has 0 fully saturated rings. The molecule has 0 atom stereocenters. The highest BCUT2D eigenvalue weighted by molar-refractivity contribution is 6.03. The number of benzene rings is 2. The van der Waals surface area contributed by atoms with Crippen LogP contribution >= 0.6 is 0 Å². The van der Waals surface area contributed by atoms with E-state index in [1.165, 1.54) is 35.9 Å². The Hall–Kier alpha value is -3.14. The number of aromatic nitrogens is 2. The highest BCUT2D eigenvalue weighted by atomic mass is 16.5. The maximum absolute atomic E-state index is 5.92. The van der Waals surface area contributed by atoms with Gasteiger partial charge in [-0.2, -0.15) is 0 Å². The lowest BCUT2D eigenvalue weighted by molar-refractivity contribution is 0.305. The van der Waals surface area contributed by atoms with Crippen molar-refractivity contribution >= 4 is 27.5 Å². The molecule has 4 nitrogen and oxygen atoms in total. The molecule has 2 aromatic heterocycles. The first-order valence-electron chi connectivity index (χ1n) is 10.7. The van der Waals surface area contributed by atoms with Crippen molar-refractivity contribution in [1.29, 1.82) is 0 Å². The van der Waals surface area contributed by atoms with E-state index < -0.39 is 0 Å². The molecule has 2 aromatic carbocycles. The molecule has 4 heteroatoms. The monoisotopic (exact) mass is 399 g/mol. The van der Waals surface area contributed by atoms with Gasteiger partial charge in [0, 0.05) is 49.0 Å². The second-order valence-electron chi connectivity index (χ2n) is 7.91. The number of rotatable bonds is 9. The van der Waals surface area contributed by atoms with E-state index in [0.717, 1.165) is 41.6 Å². The summed E-state index contributed by atoms with van der Waals surface area (Å²) < 4.78 is 5.92. The third kappa shape index (κ3) is 4.70. The number of hydrogen-bond donors (Lipinski definition) is 0. The number of fused-ring (bicyclic) bond motifs is 3. The van der Waals surface area contributed by atoms with Gasteiger partial charge in [0.25, 0.3) is 0 Å². The smallest absolute Gasteiger partial charge is 0.121 e. The SMILES string of the molecule is CN(C)c1cccc(OCCCCCCc2ccnc3c2ccc2cccnc23)c1. The van der Waals surface area contributed by atoms with Gasteiger partial charge >= 0.3 is 0 Å². The van der Waals surface area contributed by atoms with Gasteiger partial charge in [0.15, 0.2) is 0 Å². The predicted octanol–water partition coefficient (Wildman–Crippen LogP) is 6.03. The Kier molecular flexibility index (Phi) is 6.43. The lowest BCUT2D eigenvalue weighted by Crippen LogP contribution is -2.08. The van der Waals surface area contributed by atoms with Crippen LogP contribution in [0.5, 0.6) is 5.75 Å². The van der Waals surface area contributed by atoms with Crippen molar-refractivity contribution in [2.45, 2.75) is 32.1 Å². The van der Waals surface area contributed by atoms with Crippen LogP contribution in [0.4, 0.5) is 5.69 Å². The van der Waals surface area contributed by atoms with E-state index in [1.807, 2.05) is 44.7 Å². The molecule has 154 valence electrons. The summed E-state index contributed by atoms with van der Waals surface area (Å²) in [5, 5.41) is 2.37. The summed E-state index contributed by atoms with van der Waals surface area (Å²) in [6.45, 7) is 0.771. The van der Waals surface area contributed by atoms with E-state index in [0.29, 0.717) is 0 Å². The first-order valence-corrected chi connectivity index (χ1v) is 10.7. The highest BCUT2D eigenvalue weighted by Gasteiger charge is 2.07. The molecule has 0 N–H and O–H groups in total. The molecule has 2 heterocycles. The molecule has 0 bridgehead atoms. The third-order valence-electron chi connectivity index (χ3n) is 5.52. The number of unbranched alkanes of at least 4 members (excludes halogenated alkanes) is 3. The quantitative estimate of drug-likeness (QED) is 0.254. The molecule has 0 spiro atoms. The fourth-order valence-electron chi connectivity index (χ4n) is 3.84. The predicted molar refractivity (Wildman–Crippen MR) is 125 cm³/mol. The van der Waals surface area contributed by atoms with Gasteiger partial charge in [0.2, 0.25) is 0 Å². The van der Waals surface area contributed by atoms with Gasteiger partial charge in [-0.3, -0.25) is 9.97 Å². The Morgan fingerprint density at radius 2 is 1.67 bits per heavy atom. The summed E-state index contributed by atoms with van der Waals surface area (Å²) in [6, 6.07) is 18.8. The van der Waals surface area contributed by atoms with Crippen LogP contribution in [0.2, 0.25) is 0 Å². The largest absolute Gasteiger partial charge is 0.494 e. The topological polar surface area (TPSA) is 38.2 Å². The minimum atomic E-state index is 0.771. The maximum Gasteiger partial charge on any atom is 0.121 e. The van der Waals surface area contributed by atoms with Crippen molar-refractivity contribution in [2.75, 3.05) is 25.6 Å². The van der Waals surface area contributed by atoms with Gasteiger partial charge in [0.05, 0.1) is 17.6 Å². The van der Waals surface area contributed by atoms with Crippen LogP contribution in [0.15, 0.2) is 67.0 Å². The summed E-state index contributed by atoms with van der Waals surface area (Å²) in [6.07, 6.45) is 9.48. The minimum Gasteiger partial charge on any atom is -0.494 e. The molecule has 0 aliphatic heterocycles. The Labute approximate surface area is 178 Å². The summed E-state index contributed by atoms with van der Waals surface area (Å²) >= 11 is 0. The first kappa shape index (κ1) is 20.1. The Morgan fingerprint density at radius 1 is 0.800 bits per heavy atom. The highest BCUT2D eigenvalue weighted by Crippen LogP contribution is 2.25. The molecule has 0 unspecified atom stereocenters. The standard InChI is InChI=1S/C26H29N3O/c1-29(2)22-11-7-12-23(19-22)30-18-6-4-3-5-9-20-15-17-28-26-24(20)14-13-21-10-8-16-27-25(21)26/h7-8,10-17,19H,3-6,9,18H2,1-2H3. The van der Waals surface area contributed by atoms with Crippen LogP contribution in [0.3, 0.4) is 0 Å². The van der Waals surface area contributed by atoms with Crippen LogP contribution in [0.1, 0.15) is 31.2 Å². The molecule has 0 saturated carbocycles. The fraction of sp³-hybridized carbons (Fsp3) is 0.308. The molecule has 4 rings (SSSR count). The minimum absolute atomic E-state index is 0.771. The zero-order valence-electron chi connectivity index (χ0n) is 17.8. The number of nitrogens with zero attached hydrogens (tertiary/aromatic N) is 3. The number of hydrogen-bond acceptors (Lipinski definition) is 4. The molecule has 0 aliphatic rings. The lowest BCUT2D eigenvalue weighted by atomic mass is 10.0. The summed E-state index contributed by atoms with van der Waals surface area (Å²) in [5.41, 5.74) is 4.54.